The van der Waals surface area contributed by atoms with E-state index in [0.717, 1.165) is 25.1 Å². The second kappa shape index (κ2) is 12.0. The molecule has 9 nitrogen and oxygen atoms in total. The molecule has 5 rings (SSSR count). The first-order chi connectivity index (χ1) is 19.8. The molecule has 0 atom stereocenters. The maximum atomic E-state index is 13.6. The lowest BCUT2D eigenvalue weighted by molar-refractivity contribution is -0.112. The van der Waals surface area contributed by atoms with E-state index < -0.39 is 5.97 Å². The molecule has 0 aliphatic carbocycles. The molecule has 2 amide bonds. The number of carboxylic acid groups (broad SMARTS) is 1. The molecular formula is C32H34N4O5. The van der Waals surface area contributed by atoms with Crippen LogP contribution in [-0.2, 0) is 4.79 Å². The molecule has 0 bridgehead atoms. The first-order valence-corrected chi connectivity index (χ1v) is 13.7. The van der Waals surface area contributed by atoms with E-state index in [-0.39, 0.29) is 24.0 Å². The molecule has 3 N–H and O–H groups in total. The van der Waals surface area contributed by atoms with Crippen LogP contribution in [0.3, 0.4) is 0 Å². The molecule has 0 aromatic heterocycles. The van der Waals surface area contributed by atoms with E-state index in [1.165, 1.54) is 4.90 Å². The third-order valence-electron chi connectivity index (χ3n) is 7.73. The predicted molar refractivity (Wildman–Crippen MR) is 159 cm³/mol. The smallest absolute Gasteiger partial charge is 0.336 e. The van der Waals surface area contributed by atoms with Gasteiger partial charge in [-0.2, -0.15) is 0 Å². The number of amides is 2. The Bertz CT molecular complexity index is 1500. The Labute approximate surface area is 239 Å². The fraction of sp³-hybridized carbons (Fsp3) is 0.281. The first-order valence-electron chi connectivity index (χ1n) is 13.7. The van der Waals surface area contributed by atoms with E-state index in [9.17, 15) is 24.6 Å². The summed E-state index contributed by atoms with van der Waals surface area (Å²) in [6.45, 7) is 5.33. The van der Waals surface area contributed by atoms with Gasteiger partial charge in [-0.25, -0.2) is 4.79 Å². The molecule has 3 aromatic rings. The van der Waals surface area contributed by atoms with Crippen LogP contribution in [0, 0.1) is 6.92 Å². The second-order valence-corrected chi connectivity index (χ2v) is 10.4. The van der Waals surface area contributed by atoms with Crippen LogP contribution < -0.4 is 10.2 Å². The maximum absolute atomic E-state index is 13.6. The van der Waals surface area contributed by atoms with Gasteiger partial charge in [-0.1, -0.05) is 30.3 Å². The summed E-state index contributed by atoms with van der Waals surface area (Å²) in [5.41, 5.74) is 5.07. The molecule has 2 aliphatic heterocycles. The van der Waals surface area contributed by atoms with Crippen molar-refractivity contribution in [2.75, 3.05) is 56.6 Å². The number of benzene rings is 3. The number of nitrogens with zero attached hydrogens (tertiary/aromatic N) is 3. The summed E-state index contributed by atoms with van der Waals surface area (Å²) < 4.78 is 0. The highest BCUT2D eigenvalue weighted by Gasteiger charge is 2.34. The highest BCUT2D eigenvalue weighted by atomic mass is 16.4. The molecular weight excluding hydrogens is 520 g/mol. The van der Waals surface area contributed by atoms with Crippen molar-refractivity contribution < 1.29 is 24.6 Å². The molecule has 0 saturated carbocycles. The zero-order valence-corrected chi connectivity index (χ0v) is 23.3. The maximum Gasteiger partial charge on any atom is 0.336 e. The number of nitrogens with one attached hydrogen (secondary N) is 1. The minimum atomic E-state index is -1.04. The normalized spacial score (nSPS) is 16.8. The number of β-amino-alcohol motifs (C(OH)–C–C–N with tert-alkyl or cyclic N) is 1. The fourth-order valence-corrected chi connectivity index (χ4v) is 5.48. The van der Waals surface area contributed by atoms with Crippen LogP contribution in [0.5, 0.6) is 0 Å². The summed E-state index contributed by atoms with van der Waals surface area (Å²) in [6, 6.07) is 20.0. The number of likely N-dealkylation sites (N-methyl/N-ethyl adjacent to an activating group) is 1. The van der Waals surface area contributed by atoms with Crippen molar-refractivity contribution in [3.05, 3.63) is 94.5 Å². The van der Waals surface area contributed by atoms with E-state index >= 15 is 0 Å². The van der Waals surface area contributed by atoms with Crippen molar-refractivity contribution in [2.24, 2.45) is 0 Å². The molecule has 0 spiro atoms. The Morgan fingerprint density at radius 3 is 2.34 bits per heavy atom. The molecule has 2 aliphatic rings. The van der Waals surface area contributed by atoms with Crippen molar-refractivity contribution in [2.45, 2.75) is 13.3 Å². The van der Waals surface area contributed by atoms with Crippen LogP contribution in [0.25, 0.3) is 11.3 Å². The van der Waals surface area contributed by atoms with Crippen LogP contribution in [0.15, 0.2) is 66.7 Å². The summed E-state index contributed by atoms with van der Waals surface area (Å²) in [6.07, 6.45) is 0.858. The predicted octanol–water partition coefficient (Wildman–Crippen LogP) is 3.79. The topological polar surface area (TPSA) is 113 Å². The van der Waals surface area contributed by atoms with Gasteiger partial charge in [0.15, 0.2) is 0 Å². The van der Waals surface area contributed by atoms with Crippen molar-refractivity contribution in [1.82, 2.24) is 9.80 Å². The number of carboxylic acids is 1. The molecule has 1 fully saturated rings. The summed E-state index contributed by atoms with van der Waals surface area (Å²) >= 11 is 0. The monoisotopic (exact) mass is 554 g/mol. The number of aromatic carboxylic acids is 1. The SMILES string of the molecule is Cc1cc2c(cc1C(=O)O)N(C)C(=O)C2=C(Nc1ccc(C(=O)N2CCCN(CCO)CC2)cc1)c1ccccc1. The molecule has 0 unspecified atom stereocenters. The highest BCUT2D eigenvalue weighted by Crippen LogP contribution is 2.42. The van der Waals surface area contributed by atoms with E-state index in [1.54, 1.807) is 38.2 Å². The highest BCUT2D eigenvalue weighted by molar-refractivity contribution is 6.38. The molecule has 41 heavy (non-hydrogen) atoms. The summed E-state index contributed by atoms with van der Waals surface area (Å²) in [4.78, 5) is 44.1. The summed E-state index contributed by atoms with van der Waals surface area (Å²) in [7, 11) is 1.64. The van der Waals surface area contributed by atoms with E-state index in [2.05, 4.69) is 10.2 Å². The van der Waals surface area contributed by atoms with Crippen LogP contribution in [0.4, 0.5) is 11.4 Å². The lowest BCUT2D eigenvalue weighted by Gasteiger charge is -2.22. The van der Waals surface area contributed by atoms with E-state index in [4.69, 9.17) is 0 Å². The zero-order valence-electron chi connectivity index (χ0n) is 23.3. The summed E-state index contributed by atoms with van der Waals surface area (Å²) in [5.74, 6) is -1.31. The Balaban J connectivity index is 1.47. The average molecular weight is 555 g/mol. The number of carbonyl (C=O) groups is 3. The third kappa shape index (κ3) is 5.73. The third-order valence-corrected chi connectivity index (χ3v) is 7.73. The minimum Gasteiger partial charge on any atom is -0.478 e. The Morgan fingerprint density at radius 2 is 1.66 bits per heavy atom. The average Bonchev–Trinajstić information content (AvgIpc) is 3.11. The summed E-state index contributed by atoms with van der Waals surface area (Å²) in [5, 5.41) is 22.3. The number of fused-ring (bicyclic) bond motifs is 1. The fourth-order valence-electron chi connectivity index (χ4n) is 5.48. The van der Waals surface area contributed by atoms with Crippen LogP contribution >= 0.6 is 0 Å². The quantitative estimate of drug-likeness (QED) is 0.381. The number of anilines is 2. The van der Waals surface area contributed by atoms with Gasteiger partial charge in [0.1, 0.15) is 0 Å². The van der Waals surface area contributed by atoms with Gasteiger partial charge in [0, 0.05) is 50.0 Å². The van der Waals surface area contributed by atoms with Crippen molar-refractivity contribution >= 4 is 40.4 Å². The number of hydrogen-bond donors (Lipinski definition) is 3. The number of aryl methyl sites for hydroxylation is 1. The first kappa shape index (κ1) is 28.1. The molecule has 212 valence electrons. The number of aliphatic hydroxyl groups is 1. The van der Waals surface area contributed by atoms with Gasteiger partial charge in [0.05, 0.1) is 29.1 Å². The lowest BCUT2D eigenvalue weighted by Crippen LogP contribution is -2.35. The second-order valence-electron chi connectivity index (χ2n) is 10.4. The molecule has 3 aromatic carbocycles. The van der Waals surface area contributed by atoms with Crippen molar-refractivity contribution in [3.8, 4) is 0 Å². The van der Waals surface area contributed by atoms with Gasteiger partial charge in [0.2, 0.25) is 0 Å². The Hall–Kier alpha value is -4.47. The number of hydrogen-bond acceptors (Lipinski definition) is 6. The largest absolute Gasteiger partial charge is 0.478 e. The van der Waals surface area contributed by atoms with Crippen LogP contribution in [0.2, 0.25) is 0 Å². The van der Waals surface area contributed by atoms with Gasteiger partial charge in [-0.3, -0.25) is 14.5 Å². The van der Waals surface area contributed by atoms with E-state index in [1.807, 2.05) is 47.4 Å². The van der Waals surface area contributed by atoms with Gasteiger partial charge in [-0.15, -0.1) is 0 Å². The van der Waals surface area contributed by atoms with E-state index in [0.29, 0.717) is 59.0 Å². The zero-order chi connectivity index (χ0) is 29.1. The lowest BCUT2D eigenvalue weighted by atomic mass is 9.96. The molecule has 0 radical (unpaired) electrons. The standard InChI is InChI=1S/C32H34N4O5/c1-21-19-26-27(20-25(21)32(40)41)34(2)31(39)28(26)29(22-7-4-3-5-8-22)33-24-11-9-23(10-12-24)30(38)36-14-6-13-35(15-16-36)17-18-37/h3-5,7-12,19-20,33,37H,6,13-18H2,1-2H3,(H,40,41). The van der Waals surface area contributed by atoms with Crippen LogP contribution in [-0.4, -0.2) is 84.2 Å². The number of carbonyl (C=O) groups excluding carboxylic acids is 2. The van der Waals surface area contributed by atoms with Gasteiger partial charge in [-0.05, 0) is 67.4 Å². The van der Waals surface area contributed by atoms with Gasteiger partial charge in [0.25, 0.3) is 11.8 Å². The number of aliphatic hydroxyl groups excluding tert-OH is 1. The van der Waals surface area contributed by atoms with Gasteiger partial charge >= 0.3 is 5.97 Å². The number of rotatable bonds is 7. The Kier molecular flexibility index (Phi) is 8.19. The Morgan fingerprint density at radius 1 is 0.927 bits per heavy atom. The molecule has 1 saturated heterocycles. The van der Waals surface area contributed by atoms with Gasteiger partial charge < -0.3 is 25.3 Å². The van der Waals surface area contributed by atoms with Crippen molar-refractivity contribution in [1.29, 1.82) is 0 Å². The van der Waals surface area contributed by atoms with Crippen LogP contribution in [0.1, 0.15) is 43.8 Å². The molecule has 2 heterocycles. The minimum absolute atomic E-state index is 0.0322. The molecule has 9 heteroatoms. The van der Waals surface area contributed by atoms with Crippen molar-refractivity contribution in [3.63, 3.8) is 0 Å².